The first-order valence-electron chi connectivity index (χ1n) is 8.50. The number of benzene rings is 1. The van der Waals surface area contributed by atoms with Crippen LogP contribution in [-0.4, -0.2) is 29.1 Å². The van der Waals surface area contributed by atoms with Gasteiger partial charge in [-0.15, -0.1) is 0 Å². The molecule has 1 amide bonds. The molecule has 0 atom stereocenters. The molecule has 2 aromatic rings. The highest BCUT2D eigenvalue weighted by atomic mass is 16.6. The van der Waals surface area contributed by atoms with Crippen LogP contribution in [0.2, 0.25) is 0 Å². The van der Waals surface area contributed by atoms with E-state index in [2.05, 4.69) is 17.4 Å². The average molecular weight is 323 g/mol. The number of nitrogens with zero attached hydrogens (tertiary/aromatic N) is 2. The van der Waals surface area contributed by atoms with Gasteiger partial charge in [-0.25, -0.2) is 4.79 Å². The van der Waals surface area contributed by atoms with Crippen LogP contribution < -0.4 is 5.32 Å². The van der Waals surface area contributed by atoms with Gasteiger partial charge in [0, 0.05) is 17.9 Å². The van der Waals surface area contributed by atoms with Crippen LogP contribution in [0.5, 0.6) is 0 Å². The maximum absolute atomic E-state index is 11.5. The number of carbonyl (C=O) groups excluding carboxylic acids is 1. The topological polar surface area (TPSA) is 54.5 Å². The zero-order valence-electron chi connectivity index (χ0n) is 13.6. The number of amides is 1. The molecule has 1 aliphatic heterocycles. The van der Waals surface area contributed by atoms with Gasteiger partial charge in [0.1, 0.15) is 6.61 Å². The third-order valence-electron chi connectivity index (χ3n) is 4.63. The van der Waals surface area contributed by atoms with Crippen molar-refractivity contribution >= 4 is 11.8 Å². The molecule has 1 saturated heterocycles. The molecular formula is C19H21N3O2. The Morgan fingerprint density at radius 2 is 2.00 bits per heavy atom. The summed E-state index contributed by atoms with van der Waals surface area (Å²) in [5.41, 5.74) is 5.92. The Morgan fingerprint density at radius 1 is 1.12 bits per heavy atom. The highest BCUT2D eigenvalue weighted by Gasteiger charge is 2.21. The second kappa shape index (κ2) is 6.51. The number of carbonyl (C=O) groups is 1. The summed E-state index contributed by atoms with van der Waals surface area (Å²) < 4.78 is 4.95. The van der Waals surface area contributed by atoms with Crippen molar-refractivity contribution < 1.29 is 9.53 Å². The normalized spacial score (nSPS) is 16.2. The predicted octanol–water partition coefficient (Wildman–Crippen LogP) is 3.13. The molecule has 124 valence electrons. The number of aromatic nitrogens is 1. The van der Waals surface area contributed by atoms with Gasteiger partial charge >= 0.3 is 6.09 Å². The number of anilines is 1. The summed E-state index contributed by atoms with van der Waals surface area (Å²) in [6, 6.07) is 12.5. The molecule has 5 heteroatoms. The number of nitrogens with one attached hydrogen (secondary N) is 1. The van der Waals surface area contributed by atoms with Crippen LogP contribution in [-0.2, 0) is 30.7 Å². The molecule has 0 unspecified atom stereocenters. The molecule has 24 heavy (non-hydrogen) atoms. The Balaban J connectivity index is 1.34. The second-order valence-corrected chi connectivity index (χ2v) is 6.35. The lowest BCUT2D eigenvalue weighted by atomic mass is 10.2. The van der Waals surface area contributed by atoms with E-state index in [0.29, 0.717) is 19.7 Å². The van der Waals surface area contributed by atoms with Gasteiger partial charge in [-0.2, -0.15) is 0 Å². The van der Waals surface area contributed by atoms with Gasteiger partial charge in [-0.3, -0.25) is 4.98 Å². The Labute approximate surface area is 141 Å². The summed E-state index contributed by atoms with van der Waals surface area (Å²) in [5, 5.41) is 3.41. The van der Waals surface area contributed by atoms with Crippen LogP contribution >= 0.6 is 0 Å². The van der Waals surface area contributed by atoms with Crippen LogP contribution in [0.25, 0.3) is 0 Å². The molecule has 1 aliphatic carbocycles. The van der Waals surface area contributed by atoms with E-state index in [0.717, 1.165) is 29.9 Å². The molecule has 1 fully saturated rings. The Bertz CT molecular complexity index is 743. The standard InChI is InChI=1S/C19H21N3O2/c23-19-22(10-11-24-19)13-14-4-7-16(8-5-14)20-12-17-9-6-15-2-1-3-18(15)21-17/h4-9,20H,1-3,10-13H2. The van der Waals surface area contributed by atoms with Crippen LogP contribution in [0.15, 0.2) is 36.4 Å². The van der Waals surface area contributed by atoms with E-state index in [1.807, 2.05) is 24.3 Å². The largest absolute Gasteiger partial charge is 0.448 e. The van der Waals surface area contributed by atoms with Crippen LogP contribution in [0, 0.1) is 0 Å². The fourth-order valence-electron chi connectivity index (χ4n) is 3.27. The Kier molecular flexibility index (Phi) is 4.07. The van der Waals surface area contributed by atoms with Gasteiger partial charge in [0.15, 0.2) is 0 Å². The fraction of sp³-hybridized carbons (Fsp3) is 0.368. The van der Waals surface area contributed by atoms with Gasteiger partial charge in [-0.05, 0) is 48.6 Å². The van der Waals surface area contributed by atoms with Crippen molar-refractivity contribution in [1.29, 1.82) is 0 Å². The summed E-state index contributed by atoms with van der Waals surface area (Å²) in [4.78, 5) is 17.9. The SMILES string of the molecule is O=C1OCCN1Cc1ccc(NCc2ccc3c(n2)CCC3)cc1. The number of aryl methyl sites for hydroxylation is 2. The lowest BCUT2D eigenvalue weighted by Crippen LogP contribution is -2.23. The lowest BCUT2D eigenvalue weighted by Gasteiger charge is -2.13. The number of pyridine rings is 1. The third-order valence-corrected chi connectivity index (χ3v) is 4.63. The lowest BCUT2D eigenvalue weighted by molar-refractivity contribution is 0.157. The molecule has 4 rings (SSSR count). The summed E-state index contributed by atoms with van der Waals surface area (Å²) in [7, 11) is 0. The van der Waals surface area contributed by atoms with E-state index in [-0.39, 0.29) is 6.09 Å². The summed E-state index contributed by atoms with van der Waals surface area (Å²) in [6.07, 6.45) is 3.28. The van der Waals surface area contributed by atoms with Crippen molar-refractivity contribution in [2.75, 3.05) is 18.5 Å². The molecule has 0 spiro atoms. The van der Waals surface area contributed by atoms with E-state index in [4.69, 9.17) is 9.72 Å². The van der Waals surface area contributed by atoms with E-state index in [1.165, 1.54) is 24.1 Å². The first-order chi connectivity index (χ1) is 11.8. The zero-order chi connectivity index (χ0) is 16.4. The van der Waals surface area contributed by atoms with Crippen LogP contribution in [0.3, 0.4) is 0 Å². The molecule has 5 nitrogen and oxygen atoms in total. The molecule has 1 N–H and O–H groups in total. The molecule has 0 radical (unpaired) electrons. The molecular weight excluding hydrogens is 302 g/mol. The summed E-state index contributed by atoms with van der Waals surface area (Å²) in [6.45, 7) is 2.49. The molecule has 0 saturated carbocycles. The number of rotatable bonds is 5. The van der Waals surface area contributed by atoms with Crippen molar-refractivity contribution in [3.05, 3.63) is 58.9 Å². The minimum atomic E-state index is -0.222. The molecule has 1 aromatic carbocycles. The van der Waals surface area contributed by atoms with Crippen molar-refractivity contribution in [2.45, 2.75) is 32.4 Å². The number of hydrogen-bond donors (Lipinski definition) is 1. The smallest absolute Gasteiger partial charge is 0.410 e. The maximum Gasteiger partial charge on any atom is 0.410 e. The molecule has 1 aromatic heterocycles. The first kappa shape index (κ1) is 15.0. The second-order valence-electron chi connectivity index (χ2n) is 6.35. The summed E-state index contributed by atoms with van der Waals surface area (Å²) in [5.74, 6) is 0. The van der Waals surface area contributed by atoms with E-state index in [9.17, 15) is 4.79 Å². The van der Waals surface area contributed by atoms with Crippen molar-refractivity contribution in [2.24, 2.45) is 0 Å². The Hall–Kier alpha value is -2.56. The monoisotopic (exact) mass is 323 g/mol. The van der Waals surface area contributed by atoms with Crippen molar-refractivity contribution in [1.82, 2.24) is 9.88 Å². The molecule has 2 aliphatic rings. The average Bonchev–Trinajstić information content (AvgIpc) is 3.23. The van der Waals surface area contributed by atoms with Gasteiger partial charge in [0.05, 0.1) is 18.8 Å². The third kappa shape index (κ3) is 3.20. The molecule has 2 heterocycles. The van der Waals surface area contributed by atoms with Crippen molar-refractivity contribution in [3.63, 3.8) is 0 Å². The minimum Gasteiger partial charge on any atom is -0.448 e. The fourth-order valence-corrected chi connectivity index (χ4v) is 3.27. The number of ether oxygens (including phenoxy) is 1. The van der Waals surface area contributed by atoms with Crippen LogP contribution in [0.4, 0.5) is 10.5 Å². The maximum atomic E-state index is 11.5. The van der Waals surface area contributed by atoms with Crippen molar-refractivity contribution in [3.8, 4) is 0 Å². The highest BCUT2D eigenvalue weighted by Crippen LogP contribution is 2.20. The van der Waals surface area contributed by atoms with E-state index in [1.54, 1.807) is 4.90 Å². The molecule has 0 bridgehead atoms. The zero-order valence-corrected chi connectivity index (χ0v) is 13.6. The van der Waals surface area contributed by atoms with E-state index >= 15 is 0 Å². The Morgan fingerprint density at radius 3 is 2.79 bits per heavy atom. The van der Waals surface area contributed by atoms with Crippen LogP contribution in [0.1, 0.15) is 28.9 Å². The van der Waals surface area contributed by atoms with Gasteiger partial charge < -0.3 is 15.0 Å². The van der Waals surface area contributed by atoms with Gasteiger partial charge in [0.25, 0.3) is 0 Å². The first-order valence-corrected chi connectivity index (χ1v) is 8.50. The highest BCUT2D eigenvalue weighted by molar-refractivity contribution is 5.69. The number of cyclic esters (lactones) is 1. The van der Waals surface area contributed by atoms with Gasteiger partial charge in [0.2, 0.25) is 0 Å². The number of fused-ring (bicyclic) bond motifs is 1. The van der Waals surface area contributed by atoms with E-state index < -0.39 is 0 Å². The summed E-state index contributed by atoms with van der Waals surface area (Å²) >= 11 is 0. The predicted molar refractivity (Wildman–Crippen MR) is 91.8 cm³/mol. The number of hydrogen-bond acceptors (Lipinski definition) is 4. The quantitative estimate of drug-likeness (QED) is 0.918. The van der Waals surface area contributed by atoms with Gasteiger partial charge in [-0.1, -0.05) is 18.2 Å². The minimum absolute atomic E-state index is 0.222.